The van der Waals surface area contributed by atoms with Gasteiger partial charge < -0.3 is 9.88 Å². The highest BCUT2D eigenvalue weighted by Crippen LogP contribution is 2.29. The van der Waals surface area contributed by atoms with Crippen LogP contribution in [0.5, 0.6) is 0 Å². The minimum Gasteiger partial charge on any atom is -0.352 e. The van der Waals surface area contributed by atoms with Gasteiger partial charge in [0.15, 0.2) is 0 Å². The van der Waals surface area contributed by atoms with Crippen LogP contribution in [-0.4, -0.2) is 44.2 Å². The molecule has 0 saturated carbocycles. The van der Waals surface area contributed by atoms with Gasteiger partial charge in [0.05, 0.1) is 11.0 Å². The summed E-state index contributed by atoms with van der Waals surface area (Å²) in [4.78, 5) is 7.59. The number of nitrogens with one attached hydrogen (secondary N) is 1. The minimum atomic E-state index is 0.318. The number of hydrogen-bond donors (Lipinski definition) is 1. The van der Waals surface area contributed by atoms with E-state index < -0.39 is 0 Å². The van der Waals surface area contributed by atoms with Crippen LogP contribution in [0.2, 0.25) is 0 Å². The molecule has 1 fully saturated rings. The van der Waals surface area contributed by atoms with Crippen molar-refractivity contribution in [1.29, 1.82) is 0 Å². The number of piperidine rings is 1. The number of fused-ring (bicyclic) bond motifs is 1. The molecule has 4 rings (SSSR count). The van der Waals surface area contributed by atoms with E-state index in [1.54, 1.807) is 0 Å². The number of likely N-dealkylation sites (tertiary alicyclic amines) is 1. The molecular formula is C24H35N5. The molecule has 5 nitrogen and oxygen atoms in total. The Morgan fingerprint density at radius 3 is 2.38 bits per heavy atom. The van der Waals surface area contributed by atoms with E-state index in [1.807, 2.05) is 0 Å². The van der Waals surface area contributed by atoms with Gasteiger partial charge in [-0.25, -0.2) is 4.98 Å². The number of para-hydroxylation sites is 2. The number of hydrogen-bond acceptors (Lipinski definition) is 3. The predicted molar refractivity (Wildman–Crippen MR) is 122 cm³/mol. The number of nitrogens with zero attached hydrogens (tertiary/aromatic N) is 4. The van der Waals surface area contributed by atoms with Crippen LogP contribution in [0.4, 0.5) is 5.95 Å². The fraction of sp³-hybridized carbons (Fsp3) is 0.542. The number of anilines is 1. The van der Waals surface area contributed by atoms with Crippen LogP contribution in [0.3, 0.4) is 0 Å². The van der Waals surface area contributed by atoms with E-state index in [9.17, 15) is 0 Å². The lowest BCUT2D eigenvalue weighted by molar-refractivity contribution is 0.0894. The standard InChI is InChI=1S/C24H35N5/c1-17-11-12-22(27(17)6)29-21-10-8-7-9-20(21)26-23(29)25-19-13-15-28(16-14-19)18(2)24(3,4)5/h7-12,18-19H,13-16H2,1-6H3,(H,25,26). The highest BCUT2D eigenvalue weighted by atomic mass is 15.3. The van der Waals surface area contributed by atoms with Crippen molar-refractivity contribution in [2.24, 2.45) is 12.5 Å². The van der Waals surface area contributed by atoms with Crippen LogP contribution < -0.4 is 5.32 Å². The molecule has 156 valence electrons. The molecule has 1 aliphatic rings. The van der Waals surface area contributed by atoms with Gasteiger partial charge in [-0.15, -0.1) is 0 Å². The highest BCUT2D eigenvalue weighted by molar-refractivity contribution is 5.81. The van der Waals surface area contributed by atoms with Crippen LogP contribution in [0.25, 0.3) is 16.9 Å². The lowest BCUT2D eigenvalue weighted by Crippen LogP contribution is -2.48. The second kappa shape index (κ2) is 7.52. The van der Waals surface area contributed by atoms with Crippen molar-refractivity contribution < 1.29 is 0 Å². The van der Waals surface area contributed by atoms with Gasteiger partial charge in [-0.3, -0.25) is 9.47 Å². The Morgan fingerprint density at radius 1 is 1.07 bits per heavy atom. The summed E-state index contributed by atoms with van der Waals surface area (Å²) in [6, 6.07) is 13.8. The maximum atomic E-state index is 4.95. The summed E-state index contributed by atoms with van der Waals surface area (Å²) in [5.74, 6) is 2.10. The average molecular weight is 394 g/mol. The Labute approximate surface area is 174 Å². The molecule has 3 heterocycles. The highest BCUT2D eigenvalue weighted by Gasteiger charge is 2.30. The molecule has 1 N–H and O–H groups in total. The van der Waals surface area contributed by atoms with Gasteiger partial charge >= 0.3 is 0 Å². The van der Waals surface area contributed by atoms with Crippen molar-refractivity contribution in [3.05, 3.63) is 42.1 Å². The van der Waals surface area contributed by atoms with Gasteiger partial charge in [-0.2, -0.15) is 0 Å². The van der Waals surface area contributed by atoms with Crippen LogP contribution >= 0.6 is 0 Å². The monoisotopic (exact) mass is 393 g/mol. The molecule has 0 amide bonds. The Hall–Kier alpha value is -2.27. The molecule has 0 spiro atoms. The zero-order chi connectivity index (χ0) is 20.8. The van der Waals surface area contributed by atoms with Gasteiger partial charge in [0.25, 0.3) is 0 Å². The van der Waals surface area contributed by atoms with Crippen LogP contribution in [0.1, 0.15) is 46.2 Å². The third-order valence-electron chi connectivity index (χ3n) is 6.80. The molecule has 1 atom stereocenters. The molecule has 0 radical (unpaired) electrons. The van der Waals surface area contributed by atoms with Gasteiger partial charge in [0, 0.05) is 37.9 Å². The molecule has 29 heavy (non-hydrogen) atoms. The first-order chi connectivity index (χ1) is 13.8. The number of imidazole rings is 1. The first-order valence-corrected chi connectivity index (χ1v) is 10.9. The topological polar surface area (TPSA) is 38.0 Å². The van der Waals surface area contributed by atoms with Crippen molar-refractivity contribution in [2.75, 3.05) is 18.4 Å². The third-order valence-corrected chi connectivity index (χ3v) is 6.80. The Kier molecular flexibility index (Phi) is 5.19. The summed E-state index contributed by atoms with van der Waals surface area (Å²) in [6.07, 6.45) is 2.30. The van der Waals surface area contributed by atoms with Gasteiger partial charge in [0.2, 0.25) is 5.95 Å². The zero-order valence-corrected chi connectivity index (χ0v) is 18.7. The minimum absolute atomic E-state index is 0.318. The van der Waals surface area contributed by atoms with E-state index in [2.05, 4.69) is 97.4 Å². The lowest BCUT2D eigenvalue weighted by Gasteiger charge is -2.42. The van der Waals surface area contributed by atoms with Crippen molar-refractivity contribution in [3.8, 4) is 5.82 Å². The maximum Gasteiger partial charge on any atom is 0.209 e. The van der Waals surface area contributed by atoms with Crippen LogP contribution in [-0.2, 0) is 7.05 Å². The number of benzene rings is 1. The zero-order valence-electron chi connectivity index (χ0n) is 18.7. The molecule has 2 aromatic heterocycles. The smallest absolute Gasteiger partial charge is 0.209 e. The third kappa shape index (κ3) is 3.80. The van der Waals surface area contributed by atoms with Gasteiger partial charge in [-0.05, 0) is 56.4 Å². The molecule has 0 aliphatic carbocycles. The Morgan fingerprint density at radius 2 is 1.76 bits per heavy atom. The summed E-state index contributed by atoms with van der Waals surface area (Å²) in [7, 11) is 2.12. The Bertz CT molecular complexity index is 983. The quantitative estimate of drug-likeness (QED) is 0.679. The summed E-state index contributed by atoms with van der Waals surface area (Å²) >= 11 is 0. The molecule has 3 aromatic rings. The summed E-state index contributed by atoms with van der Waals surface area (Å²) in [5, 5.41) is 3.78. The second-order valence-corrected chi connectivity index (χ2v) is 9.65. The van der Waals surface area contributed by atoms with Crippen LogP contribution in [0, 0.1) is 12.3 Å². The normalized spacial score (nSPS) is 17.7. The van der Waals surface area contributed by atoms with Crippen molar-refractivity contribution in [1.82, 2.24) is 19.0 Å². The molecule has 1 aromatic carbocycles. The largest absolute Gasteiger partial charge is 0.352 e. The van der Waals surface area contributed by atoms with E-state index in [-0.39, 0.29) is 0 Å². The molecule has 0 bridgehead atoms. The fourth-order valence-electron chi connectivity index (χ4n) is 4.34. The van der Waals surface area contributed by atoms with Crippen molar-refractivity contribution in [3.63, 3.8) is 0 Å². The second-order valence-electron chi connectivity index (χ2n) is 9.65. The molecule has 5 heteroatoms. The first-order valence-electron chi connectivity index (χ1n) is 10.9. The van der Waals surface area contributed by atoms with Crippen molar-refractivity contribution in [2.45, 2.75) is 59.5 Å². The van der Waals surface area contributed by atoms with E-state index >= 15 is 0 Å². The molecule has 1 unspecified atom stereocenters. The Balaban J connectivity index is 1.58. The van der Waals surface area contributed by atoms with Crippen molar-refractivity contribution >= 4 is 17.0 Å². The molecule has 1 aliphatic heterocycles. The van der Waals surface area contributed by atoms with E-state index in [4.69, 9.17) is 4.98 Å². The summed E-state index contributed by atoms with van der Waals surface area (Å²) < 4.78 is 4.50. The van der Waals surface area contributed by atoms with Gasteiger partial charge in [-0.1, -0.05) is 32.9 Å². The van der Waals surface area contributed by atoms with E-state index in [0.29, 0.717) is 17.5 Å². The van der Waals surface area contributed by atoms with Gasteiger partial charge in [0.1, 0.15) is 5.82 Å². The summed E-state index contributed by atoms with van der Waals surface area (Å²) in [5.41, 5.74) is 3.74. The lowest BCUT2D eigenvalue weighted by atomic mass is 9.85. The summed E-state index contributed by atoms with van der Waals surface area (Å²) in [6.45, 7) is 13.8. The predicted octanol–water partition coefficient (Wildman–Crippen LogP) is 4.98. The van der Waals surface area contributed by atoms with E-state index in [1.165, 1.54) is 5.69 Å². The number of rotatable bonds is 4. The SMILES string of the molecule is Cc1ccc(-n2c(NC3CCN(C(C)C(C)(C)C)CC3)nc3ccccc32)n1C. The van der Waals surface area contributed by atoms with E-state index in [0.717, 1.165) is 48.7 Å². The molecule has 1 saturated heterocycles. The molecular weight excluding hydrogens is 358 g/mol. The first kappa shape index (κ1) is 20.0. The maximum absolute atomic E-state index is 4.95. The number of aryl methyl sites for hydroxylation is 1. The average Bonchev–Trinajstić information content (AvgIpc) is 3.20. The number of aromatic nitrogens is 3. The fourth-order valence-corrected chi connectivity index (χ4v) is 4.34. The van der Waals surface area contributed by atoms with Crippen LogP contribution in [0.15, 0.2) is 36.4 Å².